The number of aromatic nitrogens is 2. The van der Waals surface area contributed by atoms with Gasteiger partial charge in [0, 0.05) is 38.1 Å². The number of carbonyl (C=O) groups is 1. The fraction of sp³-hybridized carbons (Fsp3) is 0.542. The van der Waals surface area contributed by atoms with Crippen LogP contribution in [0.5, 0.6) is 5.75 Å². The molecule has 0 unspecified atom stereocenters. The Morgan fingerprint density at radius 2 is 1.91 bits per heavy atom. The Labute approximate surface area is 206 Å². The number of nitrogens with zero attached hydrogens (tertiary/aromatic N) is 4. The number of likely N-dealkylation sites (tertiary alicyclic amines) is 1. The Morgan fingerprint density at radius 1 is 1.23 bits per heavy atom. The first-order valence-corrected chi connectivity index (χ1v) is 12.0. The van der Waals surface area contributed by atoms with E-state index in [9.17, 15) is 22.8 Å². The Morgan fingerprint density at radius 3 is 2.57 bits per heavy atom. The van der Waals surface area contributed by atoms with Crippen LogP contribution in [-0.2, 0) is 24.4 Å². The van der Waals surface area contributed by atoms with E-state index < -0.39 is 24.3 Å². The van der Waals surface area contributed by atoms with E-state index >= 15 is 0 Å². The van der Waals surface area contributed by atoms with E-state index in [-0.39, 0.29) is 30.0 Å². The second-order valence-electron chi connectivity index (χ2n) is 9.24. The SMILES string of the molecule is CC(=O)N1CCC(COc2cnc([C@H](C)N3Cc4ccc(Cl)cc4C3)n(CC(F)(F)F)c2=O)CC1. The highest BCUT2D eigenvalue weighted by Gasteiger charge is 2.34. The molecule has 0 saturated carbocycles. The maximum Gasteiger partial charge on any atom is 0.406 e. The van der Waals surface area contributed by atoms with Crippen LogP contribution in [0.15, 0.2) is 29.2 Å². The molecule has 1 aromatic carbocycles. The lowest BCUT2D eigenvalue weighted by molar-refractivity contribution is -0.142. The minimum atomic E-state index is -4.60. The second kappa shape index (κ2) is 10.2. The number of rotatable bonds is 6. The van der Waals surface area contributed by atoms with Crippen LogP contribution in [0, 0.1) is 5.92 Å². The quantitative estimate of drug-likeness (QED) is 0.581. The molecule has 4 rings (SSSR count). The molecular formula is C24H28ClF3N4O3. The molecule has 7 nitrogen and oxygen atoms in total. The predicted molar refractivity (Wildman–Crippen MR) is 124 cm³/mol. The Kier molecular flexibility index (Phi) is 7.42. The minimum Gasteiger partial charge on any atom is -0.486 e. The van der Waals surface area contributed by atoms with Crippen LogP contribution in [0.25, 0.3) is 0 Å². The Hall–Kier alpha value is -2.59. The first-order valence-electron chi connectivity index (χ1n) is 11.6. The van der Waals surface area contributed by atoms with Crippen molar-refractivity contribution < 1.29 is 22.7 Å². The number of halogens is 4. The van der Waals surface area contributed by atoms with Crippen molar-refractivity contribution in [3.05, 3.63) is 56.7 Å². The Balaban J connectivity index is 1.52. The normalized spacial score (nSPS) is 17.9. The zero-order chi connectivity index (χ0) is 25.3. The highest BCUT2D eigenvalue weighted by molar-refractivity contribution is 6.30. The molecule has 1 saturated heterocycles. The van der Waals surface area contributed by atoms with Gasteiger partial charge in [0.1, 0.15) is 12.4 Å². The van der Waals surface area contributed by atoms with Crippen molar-refractivity contribution in [1.29, 1.82) is 0 Å². The van der Waals surface area contributed by atoms with E-state index in [1.165, 1.54) is 13.1 Å². The monoisotopic (exact) mass is 512 g/mol. The molecule has 11 heteroatoms. The third-order valence-electron chi connectivity index (χ3n) is 6.75. The van der Waals surface area contributed by atoms with Crippen LogP contribution in [0.1, 0.15) is 49.7 Å². The number of amides is 1. The highest BCUT2D eigenvalue weighted by atomic mass is 35.5. The minimum absolute atomic E-state index is 0.0116. The maximum atomic E-state index is 13.4. The molecule has 1 aromatic heterocycles. The molecular weight excluding hydrogens is 485 g/mol. The molecule has 1 fully saturated rings. The Bertz CT molecular complexity index is 1150. The zero-order valence-electron chi connectivity index (χ0n) is 19.6. The summed E-state index contributed by atoms with van der Waals surface area (Å²) >= 11 is 6.08. The smallest absolute Gasteiger partial charge is 0.406 e. The van der Waals surface area contributed by atoms with Gasteiger partial charge < -0.3 is 9.64 Å². The summed E-state index contributed by atoms with van der Waals surface area (Å²) < 4.78 is 46.6. The lowest BCUT2D eigenvalue weighted by Gasteiger charge is -2.31. The summed E-state index contributed by atoms with van der Waals surface area (Å²) in [6.07, 6.45) is -1.96. The van der Waals surface area contributed by atoms with Gasteiger partial charge in [-0.2, -0.15) is 13.2 Å². The van der Waals surface area contributed by atoms with E-state index in [4.69, 9.17) is 16.3 Å². The number of hydrogen-bond acceptors (Lipinski definition) is 5. The summed E-state index contributed by atoms with van der Waals surface area (Å²) in [5.74, 6) is -0.0452. The van der Waals surface area contributed by atoms with Crippen LogP contribution >= 0.6 is 11.6 Å². The number of hydrogen-bond donors (Lipinski definition) is 0. The highest BCUT2D eigenvalue weighted by Crippen LogP contribution is 2.32. The summed E-state index contributed by atoms with van der Waals surface area (Å²) in [5, 5.41) is 0.596. The van der Waals surface area contributed by atoms with Crippen molar-refractivity contribution in [2.24, 2.45) is 5.92 Å². The van der Waals surface area contributed by atoms with Gasteiger partial charge in [-0.15, -0.1) is 0 Å². The maximum absolute atomic E-state index is 13.4. The van der Waals surface area contributed by atoms with Gasteiger partial charge in [0.15, 0.2) is 0 Å². The van der Waals surface area contributed by atoms with Gasteiger partial charge in [0.25, 0.3) is 5.56 Å². The van der Waals surface area contributed by atoms with E-state index in [0.29, 0.717) is 48.6 Å². The average Bonchev–Trinajstić information content (AvgIpc) is 3.22. The number of alkyl halides is 3. The van der Waals surface area contributed by atoms with Crippen LogP contribution in [0.4, 0.5) is 13.2 Å². The van der Waals surface area contributed by atoms with Crippen molar-refractivity contribution in [2.45, 2.75) is 58.5 Å². The van der Waals surface area contributed by atoms with Crippen LogP contribution < -0.4 is 10.3 Å². The molecule has 2 aromatic rings. The van der Waals surface area contributed by atoms with E-state index in [0.717, 1.165) is 11.1 Å². The lowest BCUT2D eigenvalue weighted by Crippen LogP contribution is -2.39. The predicted octanol–water partition coefficient (Wildman–Crippen LogP) is 4.17. The molecule has 35 heavy (non-hydrogen) atoms. The van der Waals surface area contributed by atoms with Crippen molar-refractivity contribution in [3.63, 3.8) is 0 Å². The van der Waals surface area contributed by atoms with Gasteiger partial charge in [0.2, 0.25) is 11.7 Å². The largest absolute Gasteiger partial charge is 0.486 e. The first-order chi connectivity index (χ1) is 16.5. The van der Waals surface area contributed by atoms with Gasteiger partial charge in [-0.1, -0.05) is 17.7 Å². The summed E-state index contributed by atoms with van der Waals surface area (Å²) in [6.45, 7) is 4.21. The molecule has 190 valence electrons. The fourth-order valence-corrected chi connectivity index (χ4v) is 4.89. The summed E-state index contributed by atoms with van der Waals surface area (Å²) in [4.78, 5) is 32.5. The number of ether oxygens (including phenoxy) is 1. The van der Waals surface area contributed by atoms with Gasteiger partial charge >= 0.3 is 6.18 Å². The summed E-state index contributed by atoms with van der Waals surface area (Å²) in [6, 6.07) is 4.99. The first kappa shape index (κ1) is 25.5. The second-order valence-corrected chi connectivity index (χ2v) is 9.68. The average molecular weight is 513 g/mol. The molecule has 0 aliphatic carbocycles. The van der Waals surface area contributed by atoms with Crippen LogP contribution in [0.2, 0.25) is 5.02 Å². The molecule has 0 spiro atoms. The number of benzene rings is 1. The van der Waals surface area contributed by atoms with E-state index in [1.807, 2.05) is 17.0 Å². The molecule has 0 bridgehead atoms. The van der Waals surface area contributed by atoms with Crippen LogP contribution in [0.3, 0.4) is 0 Å². The molecule has 1 amide bonds. The molecule has 2 aliphatic heterocycles. The number of fused-ring (bicyclic) bond motifs is 1. The lowest BCUT2D eigenvalue weighted by atomic mass is 9.98. The van der Waals surface area contributed by atoms with Crippen molar-refractivity contribution in [2.75, 3.05) is 19.7 Å². The van der Waals surface area contributed by atoms with Crippen molar-refractivity contribution in [1.82, 2.24) is 19.4 Å². The molecule has 3 heterocycles. The number of carbonyl (C=O) groups excluding carboxylic acids is 1. The molecule has 0 radical (unpaired) electrons. The summed E-state index contributed by atoms with van der Waals surface area (Å²) in [7, 11) is 0. The standard InChI is InChI=1S/C24H28ClF3N4O3/c1-15(31-11-18-3-4-20(25)9-19(18)12-31)22-29-10-21(23(34)32(22)14-24(26,27)28)35-13-17-5-7-30(8-6-17)16(2)33/h3-4,9-10,15,17H,5-8,11-14H2,1-2H3/t15-/m0/s1. The van der Waals surface area contributed by atoms with Crippen molar-refractivity contribution in [3.8, 4) is 5.75 Å². The van der Waals surface area contributed by atoms with Crippen LogP contribution in [-0.4, -0.2) is 51.1 Å². The van der Waals surface area contributed by atoms with E-state index in [1.54, 1.807) is 17.9 Å². The molecule has 1 atom stereocenters. The van der Waals surface area contributed by atoms with Gasteiger partial charge in [-0.05, 0) is 48.9 Å². The number of piperidine rings is 1. The summed E-state index contributed by atoms with van der Waals surface area (Å²) in [5.41, 5.74) is 1.20. The topological polar surface area (TPSA) is 67.7 Å². The van der Waals surface area contributed by atoms with Gasteiger partial charge in [-0.25, -0.2) is 4.98 Å². The third-order valence-corrected chi connectivity index (χ3v) is 6.99. The van der Waals surface area contributed by atoms with E-state index in [2.05, 4.69) is 4.98 Å². The zero-order valence-corrected chi connectivity index (χ0v) is 20.4. The molecule has 0 N–H and O–H groups in total. The third kappa shape index (κ3) is 5.98. The van der Waals surface area contributed by atoms with Crippen molar-refractivity contribution >= 4 is 17.5 Å². The van der Waals surface area contributed by atoms with Gasteiger partial charge in [0.05, 0.1) is 18.8 Å². The fourth-order valence-electron chi connectivity index (χ4n) is 4.70. The molecule has 2 aliphatic rings. The van der Waals surface area contributed by atoms with Gasteiger partial charge in [-0.3, -0.25) is 19.1 Å².